The summed E-state index contributed by atoms with van der Waals surface area (Å²) in [5.74, 6) is 1.55. The van der Waals surface area contributed by atoms with Crippen molar-refractivity contribution >= 4 is 17.0 Å². The van der Waals surface area contributed by atoms with Gasteiger partial charge in [-0.3, -0.25) is 0 Å². The molecule has 0 spiro atoms. The number of aromatic nitrogens is 4. The maximum absolute atomic E-state index is 13.4. The first kappa shape index (κ1) is 18.8. The fourth-order valence-corrected chi connectivity index (χ4v) is 3.90. The van der Waals surface area contributed by atoms with Crippen molar-refractivity contribution in [1.82, 2.24) is 19.7 Å². The molecule has 5 nitrogen and oxygen atoms in total. The molecule has 0 radical (unpaired) electrons. The van der Waals surface area contributed by atoms with E-state index in [1.807, 2.05) is 10.9 Å². The minimum Gasteiger partial charge on any atom is -0.354 e. The van der Waals surface area contributed by atoms with Crippen LogP contribution in [0.4, 0.5) is 10.3 Å². The van der Waals surface area contributed by atoms with E-state index in [1.54, 1.807) is 12.1 Å². The van der Waals surface area contributed by atoms with Crippen LogP contribution in [0.1, 0.15) is 46.0 Å². The normalized spacial score (nSPS) is 15.4. The van der Waals surface area contributed by atoms with E-state index in [9.17, 15) is 4.39 Å². The molecule has 148 valence electrons. The summed E-state index contributed by atoms with van der Waals surface area (Å²) in [4.78, 5) is 9.27. The third-order valence-electron chi connectivity index (χ3n) is 5.43. The molecule has 6 heteroatoms. The van der Waals surface area contributed by atoms with Crippen LogP contribution in [0.2, 0.25) is 0 Å². The lowest BCUT2D eigenvalue weighted by atomic mass is 9.89. The Morgan fingerprint density at radius 2 is 1.89 bits per heavy atom. The van der Waals surface area contributed by atoms with Gasteiger partial charge < -0.3 is 5.32 Å². The molecule has 1 N–H and O–H groups in total. The van der Waals surface area contributed by atoms with Crippen molar-refractivity contribution in [3.63, 3.8) is 0 Å². The van der Waals surface area contributed by atoms with Gasteiger partial charge in [-0.05, 0) is 48.9 Å². The minimum atomic E-state index is -0.244. The Labute approximate surface area is 165 Å². The molecule has 0 saturated heterocycles. The number of rotatable bonds is 6. The third kappa shape index (κ3) is 4.16. The van der Waals surface area contributed by atoms with Crippen molar-refractivity contribution in [1.29, 1.82) is 0 Å². The molecule has 1 aromatic carbocycles. The lowest BCUT2D eigenvalue weighted by Gasteiger charge is -2.21. The van der Waals surface area contributed by atoms with Gasteiger partial charge in [0.05, 0.1) is 5.39 Å². The predicted molar refractivity (Wildman–Crippen MR) is 111 cm³/mol. The first-order chi connectivity index (χ1) is 13.6. The molecule has 0 bridgehead atoms. The molecular formula is C22H28FN5. The van der Waals surface area contributed by atoms with E-state index in [0.717, 1.165) is 35.4 Å². The maximum atomic E-state index is 13.4. The van der Waals surface area contributed by atoms with E-state index in [0.29, 0.717) is 17.8 Å². The smallest absolute Gasteiger partial charge is 0.224 e. The topological polar surface area (TPSA) is 55.6 Å². The van der Waals surface area contributed by atoms with Gasteiger partial charge in [0, 0.05) is 24.8 Å². The zero-order valence-corrected chi connectivity index (χ0v) is 16.7. The Morgan fingerprint density at radius 3 is 2.61 bits per heavy atom. The Bertz CT molecular complexity index is 926. The molecule has 1 fully saturated rings. The number of hydrogen-bond acceptors (Lipinski definition) is 4. The van der Waals surface area contributed by atoms with Crippen molar-refractivity contribution in [2.75, 3.05) is 11.9 Å². The molecule has 0 aliphatic heterocycles. The fourth-order valence-electron chi connectivity index (χ4n) is 3.90. The van der Waals surface area contributed by atoms with Crippen molar-refractivity contribution in [3.05, 3.63) is 36.3 Å². The van der Waals surface area contributed by atoms with Crippen LogP contribution in [0.5, 0.6) is 0 Å². The third-order valence-corrected chi connectivity index (χ3v) is 5.43. The first-order valence-electron chi connectivity index (χ1n) is 10.3. The van der Waals surface area contributed by atoms with Crippen molar-refractivity contribution in [3.8, 4) is 11.3 Å². The van der Waals surface area contributed by atoms with Crippen LogP contribution < -0.4 is 5.32 Å². The van der Waals surface area contributed by atoms with Gasteiger partial charge in [-0.25, -0.2) is 14.1 Å². The van der Waals surface area contributed by atoms with Gasteiger partial charge in [0.2, 0.25) is 5.95 Å². The van der Waals surface area contributed by atoms with Crippen LogP contribution in [-0.4, -0.2) is 26.3 Å². The summed E-state index contributed by atoms with van der Waals surface area (Å²) in [5.41, 5.74) is 2.56. The van der Waals surface area contributed by atoms with Gasteiger partial charge in [0.25, 0.3) is 0 Å². The molecule has 2 aromatic heterocycles. The number of halogens is 1. The molecular weight excluding hydrogens is 353 g/mol. The highest BCUT2D eigenvalue weighted by Crippen LogP contribution is 2.30. The SMILES string of the molecule is CC(C)CNc1ncc2c(-c3ccc(F)cc3)nn(CC3CCCCC3)c2n1. The second kappa shape index (κ2) is 8.25. The fraction of sp³-hybridized carbons (Fsp3) is 0.500. The quantitative estimate of drug-likeness (QED) is 0.631. The van der Waals surface area contributed by atoms with E-state index in [1.165, 1.54) is 44.2 Å². The van der Waals surface area contributed by atoms with Crippen molar-refractivity contribution in [2.24, 2.45) is 11.8 Å². The van der Waals surface area contributed by atoms with Crippen molar-refractivity contribution < 1.29 is 4.39 Å². The molecule has 1 saturated carbocycles. The summed E-state index contributed by atoms with van der Waals surface area (Å²) in [5, 5.41) is 9.11. The average Bonchev–Trinajstić information content (AvgIpc) is 3.05. The van der Waals surface area contributed by atoms with Gasteiger partial charge in [-0.15, -0.1) is 0 Å². The number of fused-ring (bicyclic) bond motifs is 1. The highest BCUT2D eigenvalue weighted by Gasteiger charge is 2.20. The number of benzene rings is 1. The Morgan fingerprint density at radius 1 is 1.14 bits per heavy atom. The number of anilines is 1. The second-order valence-electron chi connectivity index (χ2n) is 8.25. The van der Waals surface area contributed by atoms with Gasteiger partial charge in [-0.1, -0.05) is 33.1 Å². The lowest BCUT2D eigenvalue weighted by molar-refractivity contribution is 0.311. The van der Waals surface area contributed by atoms with Crippen LogP contribution in [0.25, 0.3) is 22.3 Å². The Hall–Kier alpha value is -2.50. The van der Waals surface area contributed by atoms with Crippen LogP contribution in [0.15, 0.2) is 30.5 Å². The van der Waals surface area contributed by atoms with Crippen molar-refractivity contribution in [2.45, 2.75) is 52.5 Å². The summed E-state index contributed by atoms with van der Waals surface area (Å²) in [6.45, 7) is 6.02. The van der Waals surface area contributed by atoms with Crippen LogP contribution in [-0.2, 0) is 6.54 Å². The molecule has 4 rings (SSSR count). The van der Waals surface area contributed by atoms with Gasteiger partial charge in [0.15, 0.2) is 5.65 Å². The first-order valence-corrected chi connectivity index (χ1v) is 10.3. The van der Waals surface area contributed by atoms with E-state index in [2.05, 4.69) is 24.1 Å². The number of nitrogens with one attached hydrogen (secondary N) is 1. The largest absolute Gasteiger partial charge is 0.354 e. The second-order valence-corrected chi connectivity index (χ2v) is 8.25. The summed E-state index contributed by atoms with van der Waals surface area (Å²) in [6.07, 6.45) is 8.26. The molecule has 1 aliphatic carbocycles. The summed E-state index contributed by atoms with van der Waals surface area (Å²) < 4.78 is 15.4. The van der Waals surface area contributed by atoms with Crippen LogP contribution in [0, 0.1) is 17.7 Å². The van der Waals surface area contributed by atoms with E-state index in [-0.39, 0.29) is 5.82 Å². The highest BCUT2D eigenvalue weighted by molar-refractivity contribution is 5.91. The van der Waals surface area contributed by atoms with Crippen LogP contribution in [0.3, 0.4) is 0 Å². The molecule has 0 atom stereocenters. The Kier molecular flexibility index (Phi) is 5.55. The standard InChI is InChI=1S/C22H28FN5/c1-15(2)12-24-22-25-13-19-20(17-8-10-18(23)11-9-17)27-28(21(19)26-22)14-16-6-4-3-5-7-16/h8-11,13,15-16H,3-7,12,14H2,1-2H3,(H,24,25,26). The van der Waals surface area contributed by atoms with Gasteiger partial charge in [-0.2, -0.15) is 10.1 Å². The maximum Gasteiger partial charge on any atom is 0.224 e. The molecule has 28 heavy (non-hydrogen) atoms. The minimum absolute atomic E-state index is 0.244. The van der Waals surface area contributed by atoms with E-state index in [4.69, 9.17) is 10.1 Å². The highest BCUT2D eigenvalue weighted by atomic mass is 19.1. The lowest BCUT2D eigenvalue weighted by Crippen LogP contribution is -2.16. The molecule has 1 aliphatic rings. The molecule has 0 unspecified atom stereocenters. The zero-order chi connectivity index (χ0) is 19.5. The number of hydrogen-bond donors (Lipinski definition) is 1. The predicted octanol–water partition coefficient (Wildman–Crippen LogP) is 5.28. The van der Waals surface area contributed by atoms with Gasteiger partial charge >= 0.3 is 0 Å². The van der Waals surface area contributed by atoms with Crippen LogP contribution >= 0.6 is 0 Å². The monoisotopic (exact) mass is 381 g/mol. The van der Waals surface area contributed by atoms with Gasteiger partial charge in [0.1, 0.15) is 11.5 Å². The molecule has 2 heterocycles. The summed E-state index contributed by atoms with van der Waals surface area (Å²) in [6, 6.07) is 6.49. The number of nitrogens with zero attached hydrogens (tertiary/aromatic N) is 4. The Balaban J connectivity index is 1.73. The molecule has 0 amide bonds. The molecule has 3 aromatic rings. The van der Waals surface area contributed by atoms with E-state index < -0.39 is 0 Å². The average molecular weight is 381 g/mol. The summed E-state index contributed by atoms with van der Waals surface area (Å²) >= 11 is 0. The summed E-state index contributed by atoms with van der Waals surface area (Å²) in [7, 11) is 0. The zero-order valence-electron chi connectivity index (χ0n) is 16.7. The van der Waals surface area contributed by atoms with E-state index >= 15 is 0 Å².